The van der Waals surface area contributed by atoms with Crippen LogP contribution in [0.2, 0.25) is 0 Å². The van der Waals surface area contributed by atoms with Crippen molar-refractivity contribution in [2.24, 2.45) is 0 Å². The number of anilines is 6. The standard InChI is InChI=1S/C70H42F6N6/c71-69(72,73)45-37-39-53-51-29-13-17-33-59(51)81(63(53)41-45)67-57(43-77)65(55-31-15-19-35-61(55)79(47-21-5-1-6-22-47)48-23-7-2-8-24-48)68(82-60-34-18-14-30-52(60)54-40-38-46(42-64(54)82)70(74,75)76)66(58(67)44-78)56-32-16-20-36-62(56)80(49-25-9-3-10-26-49)50-27-11-4-12-28-50/h1-42H. The average molecular weight is 1080 g/mol. The minimum Gasteiger partial charge on any atom is -0.310 e. The lowest BCUT2D eigenvalue weighted by Crippen LogP contribution is -2.16. The second-order valence-electron chi connectivity index (χ2n) is 19.6. The molecule has 0 fully saturated rings. The molecule has 11 aromatic carbocycles. The molecule has 0 bridgehead atoms. The van der Waals surface area contributed by atoms with Gasteiger partial charge in [-0.25, -0.2) is 0 Å². The highest BCUT2D eigenvalue weighted by atomic mass is 19.4. The number of nitrogens with zero attached hydrogens (tertiary/aromatic N) is 6. The van der Waals surface area contributed by atoms with Gasteiger partial charge >= 0.3 is 12.4 Å². The first-order valence-electron chi connectivity index (χ1n) is 26.2. The predicted octanol–water partition coefficient (Wildman–Crippen LogP) is 19.9. The van der Waals surface area contributed by atoms with Crippen LogP contribution in [0.5, 0.6) is 0 Å². The van der Waals surface area contributed by atoms with Crippen LogP contribution in [0.3, 0.4) is 0 Å². The van der Waals surface area contributed by atoms with E-state index in [1.807, 2.05) is 174 Å². The first-order valence-corrected chi connectivity index (χ1v) is 26.2. The molecule has 394 valence electrons. The van der Waals surface area contributed by atoms with E-state index < -0.39 is 23.5 Å². The molecule has 82 heavy (non-hydrogen) atoms. The van der Waals surface area contributed by atoms with Crippen molar-refractivity contribution in [3.05, 3.63) is 277 Å². The molecule has 2 heterocycles. The lowest BCUT2D eigenvalue weighted by molar-refractivity contribution is -0.138. The van der Waals surface area contributed by atoms with E-state index in [2.05, 4.69) is 12.1 Å². The van der Waals surface area contributed by atoms with Crippen molar-refractivity contribution < 1.29 is 26.3 Å². The molecule has 0 N–H and O–H groups in total. The van der Waals surface area contributed by atoms with Gasteiger partial charge in [0, 0.05) is 66.5 Å². The van der Waals surface area contributed by atoms with Gasteiger partial charge in [0.25, 0.3) is 0 Å². The minimum absolute atomic E-state index is 0.0393. The lowest BCUT2D eigenvalue weighted by Gasteiger charge is -2.32. The van der Waals surface area contributed by atoms with E-state index in [-0.39, 0.29) is 44.7 Å². The highest BCUT2D eigenvalue weighted by molar-refractivity contribution is 6.15. The third-order valence-corrected chi connectivity index (χ3v) is 15.0. The first kappa shape index (κ1) is 50.7. The number of hydrogen-bond donors (Lipinski definition) is 0. The Morgan fingerprint density at radius 1 is 0.317 bits per heavy atom. The largest absolute Gasteiger partial charge is 0.416 e. The Kier molecular flexibility index (Phi) is 12.4. The molecule has 0 atom stereocenters. The summed E-state index contributed by atoms with van der Waals surface area (Å²) in [7, 11) is 0. The molecule has 0 amide bonds. The topological polar surface area (TPSA) is 63.9 Å². The van der Waals surface area contributed by atoms with Crippen molar-refractivity contribution in [1.82, 2.24) is 9.13 Å². The fourth-order valence-electron chi connectivity index (χ4n) is 11.6. The maximum Gasteiger partial charge on any atom is 0.416 e. The van der Waals surface area contributed by atoms with E-state index in [9.17, 15) is 10.5 Å². The summed E-state index contributed by atoms with van der Waals surface area (Å²) in [5.41, 5.74) is 4.09. The summed E-state index contributed by atoms with van der Waals surface area (Å²) in [6.45, 7) is 0. The van der Waals surface area contributed by atoms with Gasteiger partial charge in [0.2, 0.25) is 0 Å². The molecular weight excluding hydrogens is 1040 g/mol. The Labute approximate surface area is 466 Å². The number of benzene rings is 11. The molecule has 0 aliphatic heterocycles. The molecule has 13 rings (SSSR count). The van der Waals surface area contributed by atoms with Crippen LogP contribution in [-0.2, 0) is 12.4 Å². The molecule has 12 heteroatoms. The van der Waals surface area contributed by atoms with Gasteiger partial charge in [-0.05, 0) is 97.1 Å². The van der Waals surface area contributed by atoms with Gasteiger partial charge in [-0.3, -0.25) is 0 Å². The smallest absolute Gasteiger partial charge is 0.310 e. The van der Waals surface area contributed by atoms with Gasteiger partial charge < -0.3 is 18.9 Å². The van der Waals surface area contributed by atoms with Crippen molar-refractivity contribution in [1.29, 1.82) is 10.5 Å². The van der Waals surface area contributed by atoms with Gasteiger partial charge in [0.1, 0.15) is 12.1 Å². The average Bonchev–Trinajstić information content (AvgIpc) is 4.01. The van der Waals surface area contributed by atoms with Crippen molar-refractivity contribution in [3.8, 4) is 45.8 Å². The minimum atomic E-state index is -4.80. The Morgan fingerprint density at radius 2 is 0.622 bits per heavy atom. The SMILES string of the molecule is N#Cc1c(-c2ccccc2N(c2ccccc2)c2ccccc2)c(-n2c3ccccc3c3ccc(C(F)(F)F)cc32)c(-c2ccccc2N(c2ccccc2)c2ccccc2)c(C#N)c1-n1c2ccccc2c2ccc(C(F)(F)F)cc21. The molecule has 0 saturated carbocycles. The Bertz CT molecular complexity index is 4440. The summed E-state index contributed by atoms with van der Waals surface area (Å²) in [4.78, 5) is 4.03. The van der Waals surface area contributed by atoms with Crippen molar-refractivity contribution in [2.45, 2.75) is 12.4 Å². The van der Waals surface area contributed by atoms with Gasteiger partial charge in [-0.1, -0.05) is 158 Å². The number of hydrogen-bond acceptors (Lipinski definition) is 4. The number of halogens is 6. The molecule has 0 aliphatic carbocycles. The molecule has 0 radical (unpaired) electrons. The van der Waals surface area contributed by atoms with Crippen LogP contribution in [0, 0.1) is 22.7 Å². The summed E-state index contributed by atoms with van der Waals surface area (Å²) in [5, 5.41) is 26.9. The van der Waals surface area contributed by atoms with Crippen LogP contribution in [-0.4, -0.2) is 9.13 Å². The van der Waals surface area contributed by atoms with Crippen LogP contribution in [0.25, 0.3) is 77.2 Å². The Balaban J connectivity index is 1.33. The van der Waals surface area contributed by atoms with Gasteiger partial charge in [0.15, 0.2) is 0 Å². The molecule has 2 aromatic heterocycles. The zero-order chi connectivity index (χ0) is 56.3. The van der Waals surface area contributed by atoms with Crippen LogP contribution in [0.15, 0.2) is 255 Å². The molecular formula is C70H42F6N6. The van der Waals surface area contributed by atoms with Gasteiger partial charge in [-0.15, -0.1) is 0 Å². The summed E-state index contributed by atoms with van der Waals surface area (Å²) < 4.78 is 94.8. The summed E-state index contributed by atoms with van der Waals surface area (Å²) in [5.74, 6) is 0. The third kappa shape index (κ3) is 8.44. The Hall–Kier alpha value is -10.8. The number of aromatic nitrogens is 2. The van der Waals surface area contributed by atoms with Crippen molar-refractivity contribution in [2.75, 3.05) is 9.80 Å². The maximum atomic E-state index is 15.3. The van der Waals surface area contributed by atoms with Gasteiger partial charge in [-0.2, -0.15) is 36.9 Å². The van der Waals surface area contributed by atoms with Crippen LogP contribution >= 0.6 is 0 Å². The fourth-order valence-corrected chi connectivity index (χ4v) is 11.6. The van der Waals surface area contributed by atoms with Crippen LogP contribution < -0.4 is 9.80 Å². The highest BCUT2D eigenvalue weighted by Gasteiger charge is 2.37. The molecule has 0 unspecified atom stereocenters. The zero-order valence-electron chi connectivity index (χ0n) is 43.2. The number of alkyl halides is 6. The molecule has 6 nitrogen and oxygen atoms in total. The zero-order valence-corrected chi connectivity index (χ0v) is 43.2. The van der Waals surface area contributed by atoms with E-state index >= 15 is 26.3 Å². The molecule has 0 spiro atoms. The second-order valence-corrected chi connectivity index (χ2v) is 19.6. The Morgan fingerprint density at radius 3 is 0.976 bits per heavy atom. The molecule has 0 aliphatic rings. The highest BCUT2D eigenvalue weighted by Crippen LogP contribution is 2.54. The number of rotatable bonds is 10. The van der Waals surface area contributed by atoms with Crippen LogP contribution in [0.1, 0.15) is 22.3 Å². The fraction of sp³-hybridized carbons (Fsp3) is 0.0286. The maximum absolute atomic E-state index is 15.3. The normalized spacial score (nSPS) is 11.8. The van der Waals surface area contributed by atoms with Crippen LogP contribution in [0.4, 0.5) is 60.5 Å². The lowest BCUT2D eigenvalue weighted by atomic mass is 9.84. The van der Waals surface area contributed by atoms with E-state index in [1.54, 1.807) is 63.7 Å². The van der Waals surface area contributed by atoms with E-state index in [0.717, 1.165) is 47.0 Å². The number of nitriles is 2. The third-order valence-electron chi connectivity index (χ3n) is 15.0. The first-order chi connectivity index (χ1) is 39.9. The number of para-hydroxylation sites is 8. The summed E-state index contributed by atoms with van der Waals surface area (Å²) in [6, 6.07) is 79.3. The van der Waals surface area contributed by atoms with E-state index in [4.69, 9.17) is 0 Å². The van der Waals surface area contributed by atoms with Crippen molar-refractivity contribution in [3.63, 3.8) is 0 Å². The van der Waals surface area contributed by atoms with E-state index in [1.165, 1.54) is 12.1 Å². The second kappa shape index (κ2) is 20.1. The van der Waals surface area contributed by atoms with Crippen molar-refractivity contribution >= 4 is 77.7 Å². The molecule has 13 aromatic rings. The quantitative estimate of drug-likeness (QED) is 0.128. The van der Waals surface area contributed by atoms with Gasteiger partial charge in [0.05, 0.1) is 67.1 Å². The monoisotopic (exact) mass is 1080 g/mol. The molecule has 0 saturated heterocycles. The van der Waals surface area contributed by atoms with E-state index in [0.29, 0.717) is 55.1 Å². The predicted molar refractivity (Wildman–Crippen MR) is 315 cm³/mol. The summed E-state index contributed by atoms with van der Waals surface area (Å²) in [6.07, 6.45) is -9.60. The number of fused-ring (bicyclic) bond motifs is 6. The summed E-state index contributed by atoms with van der Waals surface area (Å²) >= 11 is 0.